The second kappa shape index (κ2) is 8.13. The molecule has 1 aromatic carbocycles. The lowest BCUT2D eigenvalue weighted by atomic mass is 10.1. The molecule has 0 aromatic heterocycles. The molecular weight excluding hydrogens is 330 g/mol. The van der Waals surface area contributed by atoms with Crippen LogP contribution in [-0.4, -0.2) is 56.7 Å². The minimum absolute atomic E-state index is 0.206. The molecule has 1 aromatic rings. The molecule has 1 aliphatic heterocycles. The highest BCUT2D eigenvalue weighted by molar-refractivity contribution is 9.10. The monoisotopic (exact) mass is 355 g/mol. The van der Waals surface area contributed by atoms with Crippen LogP contribution in [0.2, 0.25) is 0 Å². The molecule has 5 heteroatoms. The van der Waals surface area contributed by atoms with Gasteiger partial charge in [0.05, 0.1) is 7.11 Å². The smallest absolute Gasteiger partial charge is 0.119 e. The van der Waals surface area contributed by atoms with E-state index in [9.17, 15) is 0 Å². The molecule has 1 aliphatic rings. The standard InChI is InChI=1S/C16H26BrN3O/c1-19(9-10-20-7-3-4-8-20)16(12-18)14-11-13(21-2)5-6-15(14)17/h5-6,11,16H,3-4,7-10,12,18H2,1-2H3. The Morgan fingerprint density at radius 2 is 2.10 bits per heavy atom. The van der Waals surface area contributed by atoms with E-state index in [2.05, 4.69) is 38.8 Å². The van der Waals surface area contributed by atoms with Gasteiger partial charge in [0.1, 0.15) is 5.75 Å². The summed E-state index contributed by atoms with van der Waals surface area (Å²) >= 11 is 3.64. The third-order valence-electron chi connectivity index (χ3n) is 4.29. The number of hydrogen-bond donors (Lipinski definition) is 1. The molecule has 0 bridgehead atoms. The van der Waals surface area contributed by atoms with Crippen molar-refractivity contribution in [3.8, 4) is 5.75 Å². The minimum atomic E-state index is 0.206. The molecule has 0 spiro atoms. The van der Waals surface area contributed by atoms with Crippen LogP contribution >= 0.6 is 15.9 Å². The van der Waals surface area contributed by atoms with Gasteiger partial charge in [-0.3, -0.25) is 4.90 Å². The predicted octanol–water partition coefficient (Wildman–Crippen LogP) is 2.49. The van der Waals surface area contributed by atoms with E-state index in [1.165, 1.54) is 31.5 Å². The molecule has 1 unspecified atom stereocenters. The van der Waals surface area contributed by atoms with Gasteiger partial charge in [0.2, 0.25) is 0 Å². The van der Waals surface area contributed by atoms with Gasteiger partial charge in [0.25, 0.3) is 0 Å². The zero-order chi connectivity index (χ0) is 15.2. The summed E-state index contributed by atoms with van der Waals surface area (Å²) in [5, 5.41) is 0. The molecule has 118 valence electrons. The minimum Gasteiger partial charge on any atom is -0.497 e. The summed E-state index contributed by atoms with van der Waals surface area (Å²) in [6.45, 7) is 5.23. The Morgan fingerprint density at radius 1 is 1.38 bits per heavy atom. The van der Waals surface area contributed by atoms with Gasteiger partial charge in [0, 0.05) is 30.1 Å². The van der Waals surface area contributed by atoms with Gasteiger partial charge in [-0.1, -0.05) is 15.9 Å². The maximum absolute atomic E-state index is 6.03. The van der Waals surface area contributed by atoms with Crippen molar-refractivity contribution in [3.63, 3.8) is 0 Å². The molecule has 2 N–H and O–H groups in total. The van der Waals surface area contributed by atoms with Crippen LogP contribution in [0.4, 0.5) is 0 Å². The van der Waals surface area contributed by atoms with Crippen LogP contribution in [-0.2, 0) is 0 Å². The Morgan fingerprint density at radius 3 is 2.71 bits per heavy atom. The fourth-order valence-corrected chi connectivity index (χ4v) is 3.42. The summed E-state index contributed by atoms with van der Waals surface area (Å²) in [7, 11) is 3.85. The van der Waals surface area contributed by atoms with Crippen molar-refractivity contribution in [2.24, 2.45) is 5.73 Å². The first-order valence-corrected chi connectivity index (χ1v) is 8.41. The normalized spacial score (nSPS) is 17.4. The predicted molar refractivity (Wildman–Crippen MR) is 90.8 cm³/mol. The maximum atomic E-state index is 6.03. The van der Waals surface area contributed by atoms with Crippen LogP contribution < -0.4 is 10.5 Å². The van der Waals surface area contributed by atoms with E-state index in [4.69, 9.17) is 10.5 Å². The molecule has 2 rings (SSSR count). The first-order chi connectivity index (χ1) is 10.2. The molecule has 0 radical (unpaired) electrons. The van der Waals surface area contributed by atoms with Crippen molar-refractivity contribution in [3.05, 3.63) is 28.2 Å². The zero-order valence-electron chi connectivity index (χ0n) is 13.0. The zero-order valence-corrected chi connectivity index (χ0v) is 14.6. The van der Waals surface area contributed by atoms with Crippen molar-refractivity contribution in [2.45, 2.75) is 18.9 Å². The first kappa shape index (κ1) is 16.7. The summed E-state index contributed by atoms with van der Waals surface area (Å²) in [5.74, 6) is 0.875. The Kier molecular flexibility index (Phi) is 6.48. The molecule has 1 fully saturated rings. The summed E-state index contributed by atoms with van der Waals surface area (Å²) in [4.78, 5) is 4.88. The third kappa shape index (κ3) is 4.42. The average molecular weight is 356 g/mol. The van der Waals surface area contributed by atoms with Gasteiger partial charge in [0.15, 0.2) is 0 Å². The van der Waals surface area contributed by atoms with E-state index in [-0.39, 0.29) is 6.04 Å². The van der Waals surface area contributed by atoms with Crippen LogP contribution in [0.3, 0.4) is 0 Å². The van der Waals surface area contributed by atoms with Crippen LogP contribution in [0.1, 0.15) is 24.4 Å². The van der Waals surface area contributed by atoms with Gasteiger partial charge < -0.3 is 15.4 Å². The van der Waals surface area contributed by atoms with Gasteiger partial charge in [-0.05, 0) is 56.7 Å². The number of halogens is 1. The third-order valence-corrected chi connectivity index (χ3v) is 5.01. The van der Waals surface area contributed by atoms with E-state index in [1.807, 2.05) is 12.1 Å². The number of methoxy groups -OCH3 is 1. The number of nitrogens with two attached hydrogens (primary N) is 1. The topological polar surface area (TPSA) is 41.7 Å². The summed E-state index contributed by atoms with van der Waals surface area (Å²) in [6, 6.07) is 6.28. The van der Waals surface area contributed by atoms with Gasteiger partial charge in [-0.2, -0.15) is 0 Å². The lowest BCUT2D eigenvalue weighted by Crippen LogP contribution is -2.36. The molecule has 4 nitrogen and oxygen atoms in total. The van der Waals surface area contributed by atoms with Crippen molar-refractivity contribution in [1.29, 1.82) is 0 Å². The number of benzene rings is 1. The van der Waals surface area contributed by atoms with Gasteiger partial charge in [-0.15, -0.1) is 0 Å². The molecule has 0 aliphatic carbocycles. The fraction of sp³-hybridized carbons (Fsp3) is 0.625. The lowest BCUT2D eigenvalue weighted by Gasteiger charge is -2.30. The Labute approximate surface area is 136 Å². The molecule has 1 saturated heterocycles. The van der Waals surface area contributed by atoms with E-state index in [0.717, 1.165) is 23.3 Å². The van der Waals surface area contributed by atoms with Gasteiger partial charge >= 0.3 is 0 Å². The number of nitrogens with zero attached hydrogens (tertiary/aromatic N) is 2. The lowest BCUT2D eigenvalue weighted by molar-refractivity contribution is 0.209. The van der Waals surface area contributed by atoms with E-state index in [0.29, 0.717) is 6.54 Å². The second-order valence-electron chi connectivity index (χ2n) is 5.67. The number of likely N-dealkylation sites (N-methyl/N-ethyl adjacent to an activating group) is 1. The number of hydrogen-bond acceptors (Lipinski definition) is 4. The van der Waals surface area contributed by atoms with E-state index in [1.54, 1.807) is 7.11 Å². The number of rotatable bonds is 7. The van der Waals surface area contributed by atoms with E-state index < -0.39 is 0 Å². The average Bonchev–Trinajstić information content (AvgIpc) is 3.01. The summed E-state index contributed by atoms with van der Waals surface area (Å²) in [6.07, 6.45) is 2.68. The summed E-state index contributed by atoms with van der Waals surface area (Å²) < 4.78 is 6.43. The molecule has 1 atom stereocenters. The number of likely N-dealkylation sites (tertiary alicyclic amines) is 1. The highest BCUT2D eigenvalue weighted by Crippen LogP contribution is 2.30. The Bertz CT molecular complexity index is 449. The van der Waals surface area contributed by atoms with Crippen LogP contribution in [0.25, 0.3) is 0 Å². The Hall–Kier alpha value is -0.620. The quantitative estimate of drug-likeness (QED) is 0.815. The second-order valence-corrected chi connectivity index (χ2v) is 6.52. The van der Waals surface area contributed by atoms with Crippen molar-refractivity contribution >= 4 is 15.9 Å². The highest BCUT2D eigenvalue weighted by atomic mass is 79.9. The molecule has 1 heterocycles. The molecule has 0 saturated carbocycles. The van der Waals surface area contributed by atoms with Crippen molar-refractivity contribution in [2.75, 3.05) is 46.9 Å². The maximum Gasteiger partial charge on any atom is 0.119 e. The first-order valence-electron chi connectivity index (χ1n) is 7.61. The molecule has 0 amide bonds. The number of ether oxygens (including phenoxy) is 1. The van der Waals surface area contributed by atoms with Crippen molar-refractivity contribution in [1.82, 2.24) is 9.80 Å². The molecular formula is C16H26BrN3O. The van der Waals surface area contributed by atoms with Crippen molar-refractivity contribution < 1.29 is 4.74 Å². The Balaban J connectivity index is 2.03. The fourth-order valence-electron chi connectivity index (χ4n) is 2.91. The summed E-state index contributed by atoms with van der Waals surface area (Å²) in [5.41, 5.74) is 7.23. The highest BCUT2D eigenvalue weighted by Gasteiger charge is 2.20. The molecule has 21 heavy (non-hydrogen) atoms. The van der Waals surface area contributed by atoms with Crippen LogP contribution in [0, 0.1) is 0 Å². The van der Waals surface area contributed by atoms with Gasteiger partial charge in [-0.25, -0.2) is 0 Å². The SMILES string of the molecule is COc1ccc(Br)c(C(CN)N(C)CCN2CCCC2)c1. The van der Waals surface area contributed by atoms with E-state index >= 15 is 0 Å². The largest absolute Gasteiger partial charge is 0.497 e. The van der Waals surface area contributed by atoms with Crippen LogP contribution in [0.5, 0.6) is 5.75 Å². The van der Waals surface area contributed by atoms with Crippen LogP contribution in [0.15, 0.2) is 22.7 Å².